The lowest BCUT2D eigenvalue weighted by Gasteiger charge is -2.31. The number of carbonyl (C=O) groups excluding carboxylic acids is 3. The first-order valence-corrected chi connectivity index (χ1v) is 10.6. The second kappa shape index (κ2) is 9.91. The van der Waals surface area contributed by atoms with Crippen LogP contribution in [0.1, 0.15) is 53.7 Å². The van der Waals surface area contributed by atoms with E-state index in [9.17, 15) is 14.4 Å². The molecule has 0 aromatic carbocycles. The number of carbonyl (C=O) groups is 3. The number of morpholine rings is 1. The van der Waals surface area contributed by atoms with Crippen LogP contribution in [0.5, 0.6) is 0 Å². The molecule has 1 aromatic rings. The SMILES string of the molecule is Cc1c[nH]c(C)c1C(=O)NC(CCC(=O)N1CCCCC1)C(=O)N1CCOCC1. The summed E-state index contributed by atoms with van der Waals surface area (Å²) in [5.74, 6) is -0.357. The van der Waals surface area contributed by atoms with Gasteiger partial charge < -0.3 is 24.8 Å². The molecule has 2 saturated heterocycles. The highest BCUT2D eigenvalue weighted by Crippen LogP contribution is 2.15. The highest BCUT2D eigenvalue weighted by molar-refractivity contribution is 5.99. The molecule has 160 valence electrons. The van der Waals surface area contributed by atoms with Gasteiger partial charge in [0.1, 0.15) is 6.04 Å². The van der Waals surface area contributed by atoms with Gasteiger partial charge in [-0.3, -0.25) is 14.4 Å². The second-order valence-electron chi connectivity index (χ2n) is 7.92. The number of hydrogen-bond acceptors (Lipinski definition) is 4. The van der Waals surface area contributed by atoms with E-state index in [1.165, 1.54) is 0 Å². The predicted molar refractivity (Wildman–Crippen MR) is 109 cm³/mol. The standard InChI is InChI=1S/C21H32N4O4/c1-15-14-22-16(2)19(15)20(27)23-17(21(28)25-10-12-29-13-11-25)6-7-18(26)24-8-4-3-5-9-24/h14,17,22H,3-13H2,1-2H3,(H,23,27). The fourth-order valence-electron chi connectivity index (χ4n) is 4.07. The number of likely N-dealkylation sites (tertiary alicyclic amines) is 1. The van der Waals surface area contributed by atoms with E-state index in [1.807, 2.05) is 18.7 Å². The van der Waals surface area contributed by atoms with Gasteiger partial charge in [0.05, 0.1) is 18.8 Å². The molecule has 0 spiro atoms. The molecular weight excluding hydrogens is 372 g/mol. The molecule has 3 heterocycles. The molecule has 1 aromatic heterocycles. The van der Waals surface area contributed by atoms with Crippen molar-refractivity contribution in [2.24, 2.45) is 0 Å². The van der Waals surface area contributed by atoms with Crippen molar-refractivity contribution in [2.45, 2.75) is 52.0 Å². The number of nitrogens with zero attached hydrogens (tertiary/aromatic N) is 2. The quantitative estimate of drug-likeness (QED) is 0.749. The van der Waals surface area contributed by atoms with Crippen LogP contribution in [0.15, 0.2) is 6.20 Å². The van der Waals surface area contributed by atoms with Gasteiger partial charge in [-0.05, 0) is 45.1 Å². The molecule has 1 unspecified atom stereocenters. The van der Waals surface area contributed by atoms with Gasteiger partial charge in [-0.1, -0.05) is 0 Å². The van der Waals surface area contributed by atoms with Crippen LogP contribution < -0.4 is 5.32 Å². The molecule has 8 nitrogen and oxygen atoms in total. The van der Waals surface area contributed by atoms with Crippen molar-refractivity contribution in [3.8, 4) is 0 Å². The summed E-state index contributed by atoms with van der Waals surface area (Å²) >= 11 is 0. The van der Waals surface area contributed by atoms with Crippen LogP contribution in [-0.4, -0.2) is 77.9 Å². The lowest BCUT2D eigenvalue weighted by Crippen LogP contribution is -2.52. The number of aromatic nitrogens is 1. The van der Waals surface area contributed by atoms with E-state index < -0.39 is 6.04 Å². The molecule has 2 fully saturated rings. The van der Waals surface area contributed by atoms with E-state index in [-0.39, 0.29) is 24.1 Å². The first-order valence-electron chi connectivity index (χ1n) is 10.6. The van der Waals surface area contributed by atoms with Gasteiger partial charge in [0, 0.05) is 44.5 Å². The van der Waals surface area contributed by atoms with Crippen molar-refractivity contribution in [2.75, 3.05) is 39.4 Å². The Morgan fingerprint density at radius 2 is 1.76 bits per heavy atom. The van der Waals surface area contributed by atoms with Gasteiger partial charge in [0.25, 0.3) is 5.91 Å². The number of ether oxygens (including phenoxy) is 1. The van der Waals surface area contributed by atoms with E-state index >= 15 is 0 Å². The first-order chi connectivity index (χ1) is 14.0. The minimum absolute atomic E-state index is 0.0627. The molecule has 0 radical (unpaired) electrons. The Kier molecular flexibility index (Phi) is 7.30. The van der Waals surface area contributed by atoms with Crippen molar-refractivity contribution < 1.29 is 19.1 Å². The summed E-state index contributed by atoms with van der Waals surface area (Å²) in [5.41, 5.74) is 2.16. The lowest BCUT2D eigenvalue weighted by atomic mass is 10.1. The van der Waals surface area contributed by atoms with Gasteiger partial charge in [-0.15, -0.1) is 0 Å². The van der Waals surface area contributed by atoms with Crippen LogP contribution in [0.2, 0.25) is 0 Å². The zero-order valence-corrected chi connectivity index (χ0v) is 17.5. The maximum atomic E-state index is 13.1. The number of hydrogen-bond donors (Lipinski definition) is 2. The molecule has 3 amide bonds. The van der Waals surface area contributed by atoms with Crippen molar-refractivity contribution in [1.82, 2.24) is 20.1 Å². The largest absolute Gasteiger partial charge is 0.378 e. The number of H-pyrrole nitrogens is 1. The Hall–Kier alpha value is -2.35. The molecule has 2 aliphatic heterocycles. The van der Waals surface area contributed by atoms with Gasteiger partial charge >= 0.3 is 0 Å². The summed E-state index contributed by atoms with van der Waals surface area (Å²) in [6.07, 6.45) is 5.57. The molecule has 0 aliphatic carbocycles. The predicted octanol–water partition coefficient (Wildman–Crippen LogP) is 1.38. The fourth-order valence-corrected chi connectivity index (χ4v) is 4.07. The Labute approximate surface area is 172 Å². The summed E-state index contributed by atoms with van der Waals surface area (Å²) in [6.45, 7) is 7.27. The van der Waals surface area contributed by atoms with E-state index in [0.717, 1.165) is 43.6 Å². The number of nitrogens with one attached hydrogen (secondary N) is 2. The maximum Gasteiger partial charge on any atom is 0.254 e. The van der Waals surface area contributed by atoms with Crippen LogP contribution in [0.25, 0.3) is 0 Å². The smallest absolute Gasteiger partial charge is 0.254 e. The maximum absolute atomic E-state index is 13.1. The number of aryl methyl sites for hydroxylation is 2. The second-order valence-corrected chi connectivity index (χ2v) is 7.92. The van der Waals surface area contributed by atoms with E-state index in [4.69, 9.17) is 4.74 Å². The van der Waals surface area contributed by atoms with E-state index in [2.05, 4.69) is 10.3 Å². The van der Waals surface area contributed by atoms with E-state index in [0.29, 0.717) is 38.3 Å². The highest BCUT2D eigenvalue weighted by atomic mass is 16.5. The summed E-state index contributed by atoms with van der Waals surface area (Å²) in [6, 6.07) is -0.719. The number of aromatic amines is 1. The highest BCUT2D eigenvalue weighted by Gasteiger charge is 2.29. The summed E-state index contributed by atoms with van der Waals surface area (Å²) < 4.78 is 5.33. The monoisotopic (exact) mass is 404 g/mol. The topological polar surface area (TPSA) is 94.7 Å². The average molecular weight is 405 g/mol. The van der Waals surface area contributed by atoms with Crippen LogP contribution >= 0.6 is 0 Å². The summed E-state index contributed by atoms with van der Waals surface area (Å²) in [7, 11) is 0. The molecule has 3 rings (SSSR count). The van der Waals surface area contributed by atoms with Crippen molar-refractivity contribution in [3.05, 3.63) is 23.0 Å². The third-order valence-corrected chi connectivity index (χ3v) is 5.78. The molecule has 29 heavy (non-hydrogen) atoms. The Morgan fingerprint density at radius 1 is 1.07 bits per heavy atom. The van der Waals surface area contributed by atoms with Gasteiger partial charge in [-0.2, -0.15) is 0 Å². The van der Waals surface area contributed by atoms with Gasteiger partial charge in [-0.25, -0.2) is 0 Å². The fraction of sp³-hybridized carbons (Fsp3) is 0.667. The molecular formula is C21H32N4O4. The molecule has 0 bridgehead atoms. The summed E-state index contributed by atoms with van der Waals surface area (Å²) in [5, 5.41) is 2.89. The van der Waals surface area contributed by atoms with E-state index in [1.54, 1.807) is 11.1 Å². The Balaban J connectivity index is 1.67. The molecule has 2 N–H and O–H groups in total. The number of piperidine rings is 1. The Bertz CT molecular complexity index is 714. The van der Waals surface area contributed by atoms with Crippen molar-refractivity contribution >= 4 is 17.7 Å². The molecule has 2 aliphatic rings. The van der Waals surface area contributed by atoms with Crippen molar-refractivity contribution in [1.29, 1.82) is 0 Å². The average Bonchev–Trinajstić information content (AvgIpc) is 3.09. The third-order valence-electron chi connectivity index (χ3n) is 5.78. The lowest BCUT2D eigenvalue weighted by molar-refractivity contribution is -0.138. The molecule has 1 atom stereocenters. The Morgan fingerprint density at radius 3 is 2.38 bits per heavy atom. The van der Waals surface area contributed by atoms with Gasteiger partial charge in [0.2, 0.25) is 11.8 Å². The van der Waals surface area contributed by atoms with Crippen LogP contribution in [0, 0.1) is 13.8 Å². The van der Waals surface area contributed by atoms with Crippen LogP contribution in [0.3, 0.4) is 0 Å². The minimum Gasteiger partial charge on any atom is -0.378 e. The van der Waals surface area contributed by atoms with Gasteiger partial charge in [0.15, 0.2) is 0 Å². The number of rotatable bonds is 6. The number of amides is 3. The first kappa shape index (κ1) is 21.4. The zero-order chi connectivity index (χ0) is 20.8. The minimum atomic E-state index is -0.719. The van der Waals surface area contributed by atoms with Crippen LogP contribution in [0.4, 0.5) is 0 Å². The summed E-state index contributed by atoms with van der Waals surface area (Å²) in [4.78, 5) is 45.2. The molecule has 0 saturated carbocycles. The molecule has 8 heteroatoms. The van der Waals surface area contributed by atoms with Crippen LogP contribution in [-0.2, 0) is 14.3 Å². The zero-order valence-electron chi connectivity index (χ0n) is 17.5. The normalized spacial score (nSPS) is 18.4. The van der Waals surface area contributed by atoms with Crippen molar-refractivity contribution in [3.63, 3.8) is 0 Å². The third kappa shape index (κ3) is 5.38.